The molecule has 25 heavy (non-hydrogen) atoms. The average molecular weight is 337 g/mol. The van der Waals surface area contributed by atoms with Crippen LogP contribution < -0.4 is 14.4 Å². The van der Waals surface area contributed by atoms with Gasteiger partial charge in [0.2, 0.25) is 0 Å². The van der Waals surface area contributed by atoms with E-state index in [4.69, 9.17) is 9.47 Å². The van der Waals surface area contributed by atoms with E-state index in [1.165, 1.54) is 0 Å². The summed E-state index contributed by atoms with van der Waals surface area (Å²) in [5.41, 5.74) is 3.05. The number of para-hydroxylation sites is 1. The highest BCUT2D eigenvalue weighted by Gasteiger charge is 2.38. The fraction of sp³-hybridized carbons (Fsp3) is 0.286. The molecule has 4 nitrogen and oxygen atoms in total. The fourth-order valence-corrected chi connectivity index (χ4v) is 3.44. The third kappa shape index (κ3) is 2.88. The molecule has 0 aromatic heterocycles. The predicted molar refractivity (Wildman–Crippen MR) is 101 cm³/mol. The van der Waals surface area contributed by atoms with E-state index in [0.29, 0.717) is 17.1 Å². The van der Waals surface area contributed by atoms with Gasteiger partial charge >= 0.3 is 0 Å². The molecule has 130 valence electrons. The topological polar surface area (TPSA) is 38.8 Å². The molecule has 1 aliphatic heterocycles. The molecule has 4 heteroatoms. The number of methoxy groups -OCH3 is 2. The number of rotatable bonds is 3. The molecular weight excluding hydrogens is 314 g/mol. The molecule has 2 aromatic carbocycles. The molecule has 0 saturated carbocycles. The summed E-state index contributed by atoms with van der Waals surface area (Å²) in [4.78, 5) is 15.2. The van der Waals surface area contributed by atoms with Crippen molar-refractivity contribution in [2.24, 2.45) is 0 Å². The van der Waals surface area contributed by atoms with Gasteiger partial charge in [-0.2, -0.15) is 0 Å². The zero-order valence-corrected chi connectivity index (χ0v) is 15.3. The number of allylic oxidation sites excluding steroid dienone is 1. The maximum Gasteiger partial charge on any atom is 0.259 e. The SMILES string of the molecule is COc1cccc(C(=O)N2c3c(OC)cccc3C(C)=CC2(C)C)c1. The molecule has 1 aliphatic rings. The number of nitrogens with zero attached hydrogens (tertiary/aromatic N) is 1. The Bertz CT molecular complexity index is 852. The van der Waals surface area contributed by atoms with Crippen LogP contribution in [0.5, 0.6) is 11.5 Å². The van der Waals surface area contributed by atoms with E-state index in [2.05, 4.69) is 13.0 Å². The number of hydrogen-bond donors (Lipinski definition) is 0. The first-order chi connectivity index (χ1) is 11.9. The highest BCUT2D eigenvalue weighted by atomic mass is 16.5. The third-order valence-corrected chi connectivity index (χ3v) is 4.53. The molecule has 0 spiro atoms. The van der Waals surface area contributed by atoms with Crippen LogP contribution in [0.15, 0.2) is 48.5 Å². The zero-order valence-electron chi connectivity index (χ0n) is 15.3. The van der Waals surface area contributed by atoms with Gasteiger partial charge in [0.1, 0.15) is 11.5 Å². The van der Waals surface area contributed by atoms with Crippen molar-refractivity contribution in [3.63, 3.8) is 0 Å². The Morgan fingerprint density at radius 2 is 1.76 bits per heavy atom. The first kappa shape index (κ1) is 17.1. The third-order valence-electron chi connectivity index (χ3n) is 4.53. The Hall–Kier alpha value is -2.75. The van der Waals surface area contributed by atoms with Crippen molar-refractivity contribution in [3.05, 3.63) is 59.7 Å². The molecule has 0 fully saturated rings. The Morgan fingerprint density at radius 3 is 2.44 bits per heavy atom. The smallest absolute Gasteiger partial charge is 0.259 e. The van der Waals surface area contributed by atoms with Gasteiger partial charge in [-0.15, -0.1) is 0 Å². The Balaban J connectivity index is 2.19. The van der Waals surface area contributed by atoms with Gasteiger partial charge in [-0.3, -0.25) is 9.69 Å². The second kappa shape index (κ2) is 6.28. The minimum Gasteiger partial charge on any atom is -0.497 e. The lowest BCUT2D eigenvalue weighted by atomic mass is 9.87. The Kier molecular flexibility index (Phi) is 4.29. The quantitative estimate of drug-likeness (QED) is 0.825. The zero-order chi connectivity index (χ0) is 18.2. The standard InChI is InChI=1S/C21H23NO3/c1-14-13-21(2,3)22(19-17(14)10-7-11-18(19)25-5)20(23)15-8-6-9-16(12-15)24-4/h6-13H,1-5H3. The van der Waals surface area contributed by atoms with Gasteiger partial charge in [0.25, 0.3) is 5.91 Å². The number of carbonyl (C=O) groups excluding carboxylic acids is 1. The highest BCUT2D eigenvalue weighted by Crippen LogP contribution is 2.45. The summed E-state index contributed by atoms with van der Waals surface area (Å²) in [6.07, 6.45) is 2.12. The van der Waals surface area contributed by atoms with Crippen molar-refractivity contribution >= 4 is 17.2 Å². The van der Waals surface area contributed by atoms with E-state index in [-0.39, 0.29) is 5.91 Å². The fourth-order valence-electron chi connectivity index (χ4n) is 3.44. The van der Waals surface area contributed by atoms with E-state index < -0.39 is 5.54 Å². The molecular formula is C21H23NO3. The molecule has 0 saturated heterocycles. The van der Waals surface area contributed by atoms with Gasteiger partial charge in [0, 0.05) is 11.1 Å². The van der Waals surface area contributed by atoms with E-state index in [1.807, 2.05) is 49.1 Å². The molecule has 1 amide bonds. The van der Waals surface area contributed by atoms with Crippen LogP contribution in [-0.2, 0) is 0 Å². The lowest BCUT2D eigenvalue weighted by Gasteiger charge is -2.42. The van der Waals surface area contributed by atoms with Crippen molar-refractivity contribution in [2.75, 3.05) is 19.1 Å². The number of anilines is 1. The molecule has 0 atom stereocenters. The van der Waals surface area contributed by atoms with Crippen LogP contribution in [0, 0.1) is 0 Å². The van der Waals surface area contributed by atoms with Crippen molar-refractivity contribution in [1.82, 2.24) is 0 Å². The number of carbonyl (C=O) groups is 1. The summed E-state index contributed by atoms with van der Waals surface area (Å²) in [5.74, 6) is 1.26. The Labute approximate surface area is 148 Å². The molecule has 0 bridgehead atoms. The van der Waals surface area contributed by atoms with Crippen molar-refractivity contribution < 1.29 is 14.3 Å². The van der Waals surface area contributed by atoms with Crippen LogP contribution >= 0.6 is 0 Å². The van der Waals surface area contributed by atoms with Crippen LogP contribution in [0.25, 0.3) is 5.57 Å². The van der Waals surface area contributed by atoms with Crippen LogP contribution in [0.3, 0.4) is 0 Å². The highest BCUT2D eigenvalue weighted by molar-refractivity contribution is 6.11. The molecule has 0 aliphatic carbocycles. The maximum absolute atomic E-state index is 13.4. The van der Waals surface area contributed by atoms with Gasteiger partial charge in [0.15, 0.2) is 0 Å². The lowest BCUT2D eigenvalue weighted by Crippen LogP contribution is -2.49. The van der Waals surface area contributed by atoms with E-state index in [1.54, 1.807) is 26.4 Å². The average Bonchev–Trinajstić information content (AvgIpc) is 2.60. The second-order valence-electron chi connectivity index (χ2n) is 6.71. The van der Waals surface area contributed by atoms with Gasteiger partial charge in [-0.05, 0) is 50.6 Å². The van der Waals surface area contributed by atoms with E-state index in [0.717, 1.165) is 16.8 Å². The minimum absolute atomic E-state index is 0.0848. The first-order valence-electron chi connectivity index (χ1n) is 8.24. The molecule has 2 aromatic rings. The number of fused-ring (bicyclic) bond motifs is 1. The van der Waals surface area contributed by atoms with Gasteiger partial charge in [-0.1, -0.05) is 24.3 Å². The molecule has 0 radical (unpaired) electrons. The van der Waals surface area contributed by atoms with Crippen molar-refractivity contribution in [3.8, 4) is 11.5 Å². The van der Waals surface area contributed by atoms with Crippen LogP contribution in [0.2, 0.25) is 0 Å². The van der Waals surface area contributed by atoms with Crippen molar-refractivity contribution in [2.45, 2.75) is 26.3 Å². The first-order valence-corrected chi connectivity index (χ1v) is 8.24. The molecule has 3 rings (SSSR count). The molecule has 0 N–H and O–H groups in total. The second-order valence-corrected chi connectivity index (χ2v) is 6.71. The van der Waals surface area contributed by atoms with Gasteiger partial charge in [-0.25, -0.2) is 0 Å². The summed E-state index contributed by atoms with van der Waals surface area (Å²) in [5, 5.41) is 0. The van der Waals surface area contributed by atoms with Crippen molar-refractivity contribution in [1.29, 1.82) is 0 Å². The van der Waals surface area contributed by atoms with E-state index >= 15 is 0 Å². The summed E-state index contributed by atoms with van der Waals surface area (Å²) in [6, 6.07) is 13.1. The largest absolute Gasteiger partial charge is 0.497 e. The number of amides is 1. The summed E-state index contributed by atoms with van der Waals surface area (Å²) >= 11 is 0. The van der Waals surface area contributed by atoms with Crippen LogP contribution in [0.1, 0.15) is 36.7 Å². The predicted octanol–water partition coefficient (Wildman–Crippen LogP) is 4.55. The molecule has 0 unspecified atom stereocenters. The number of ether oxygens (including phenoxy) is 2. The minimum atomic E-state index is -0.480. The Morgan fingerprint density at radius 1 is 1.04 bits per heavy atom. The summed E-state index contributed by atoms with van der Waals surface area (Å²) in [6.45, 7) is 6.13. The van der Waals surface area contributed by atoms with E-state index in [9.17, 15) is 4.79 Å². The van der Waals surface area contributed by atoms with Crippen LogP contribution in [0.4, 0.5) is 5.69 Å². The van der Waals surface area contributed by atoms with Gasteiger partial charge < -0.3 is 9.47 Å². The maximum atomic E-state index is 13.4. The summed E-state index contributed by atoms with van der Waals surface area (Å²) < 4.78 is 10.8. The van der Waals surface area contributed by atoms with Gasteiger partial charge in [0.05, 0.1) is 25.4 Å². The number of hydrogen-bond acceptors (Lipinski definition) is 3. The number of benzene rings is 2. The normalized spacial score (nSPS) is 15.2. The summed E-state index contributed by atoms with van der Waals surface area (Å²) in [7, 11) is 3.23. The molecule has 1 heterocycles. The van der Waals surface area contributed by atoms with Crippen LogP contribution in [-0.4, -0.2) is 25.7 Å². The monoisotopic (exact) mass is 337 g/mol. The lowest BCUT2D eigenvalue weighted by molar-refractivity contribution is 0.0969.